The van der Waals surface area contributed by atoms with Crippen molar-refractivity contribution in [2.45, 2.75) is 0 Å². The second-order valence-electron chi connectivity index (χ2n) is 4.54. The van der Waals surface area contributed by atoms with Crippen molar-refractivity contribution in [3.8, 4) is 5.75 Å². The highest BCUT2D eigenvalue weighted by Gasteiger charge is 2.21. The van der Waals surface area contributed by atoms with Crippen molar-refractivity contribution in [1.82, 2.24) is 0 Å². The van der Waals surface area contributed by atoms with Crippen LogP contribution in [0, 0.1) is 10.1 Å². The molecule has 0 radical (unpaired) electrons. The molecule has 132 valence electrons. The van der Waals surface area contributed by atoms with Gasteiger partial charge in [0.25, 0.3) is 11.6 Å². The summed E-state index contributed by atoms with van der Waals surface area (Å²) in [5.41, 5.74) is 0.0632. The van der Waals surface area contributed by atoms with E-state index in [4.69, 9.17) is 62.7 Å². The molecule has 2 rings (SSSR count). The highest BCUT2D eigenvalue weighted by Crippen LogP contribution is 2.48. The maximum atomic E-state index is 11.9. The van der Waals surface area contributed by atoms with Crippen LogP contribution in [-0.4, -0.2) is 17.4 Å². The summed E-state index contributed by atoms with van der Waals surface area (Å²) in [5, 5.41) is 12.8. The monoisotopic (exact) mass is 442 g/mol. The summed E-state index contributed by atoms with van der Waals surface area (Å²) in [6.45, 7) is -0.490. The van der Waals surface area contributed by atoms with Crippen molar-refractivity contribution in [3.05, 3.63) is 59.5 Å². The van der Waals surface area contributed by atoms with E-state index < -0.39 is 17.4 Å². The average molecular weight is 444 g/mol. The van der Waals surface area contributed by atoms with Crippen molar-refractivity contribution >= 4 is 75.3 Å². The summed E-state index contributed by atoms with van der Waals surface area (Å²) in [6.07, 6.45) is 0. The molecule has 1 amide bonds. The number of non-ortho nitro benzene ring substituents is 1. The van der Waals surface area contributed by atoms with Crippen LogP contribution in [0.25, 0.3) is 0 Å². The summed E-state index contributed by atoms with van der Waals surface area (Å²) in [7, 11) is 0. The summed E-state index contributed by atoms with van der Waals surface area (Å²) in [4.78, 5) is 22.1. The fourth-order valence-electron chi connectivity index (χ4n) is 1.74. The van der Waals surface area contributed by atoms with E-state index in [0.29, 0.717) is 0 Å². The predicted octanol–water partition coefficient (Wildman–Crippen LogP) is 5.88. The first-order chi connectivity index (χ1) is 11.7. The second kappa shape index (κ2) is 8.29. The minimum atomic E-state index is -0.602. The number of nitro groups is 1. The van der Waals surface area contributed by atoms with Gasteiger partial charge < -0.3 is 10.1 Å². The molecule has 6 nitrogen and oxygen atoms in total. The van der Waals surface area contributed by atoms with Gasteiger partial charge in [-0.2, -0.15) is 0 Å². The lowest BCUT2D eigenvalue weighted by atomic mass is 10.3. The van der Waals surface area contributed by atoms with E-state index in [-0.39, 0.29) is 42.2 Å². The number of nitrogens with zero attached hydrogens (tertiary/aromatic N) is 1. The molecule has 0 heterocycles. The number of carbonyl (C=O) groups excluding carboxylic acids is 1. The lowest BCUT2D eigenvalue weighted by molar-refractivity contribution is -0.384. The minimum absolute atomic E-state index is 0.0354. The molecule has 0 saturated heterocycles. The average Bonchev–Trinajstić information content (AvgIpc) is 2.58. The Morgan fingerprint density at radius 3 is 2.16 bits per heavy atom. The Morgan fingerprint density at radius 2 is 1.60 bits per heavy atom. The van der Waals surface area contributed by atoms with E-state index in [1.807, 2.05) is 0 Å². The minimum Gasteiger partial charge on any atom is -0.481 e. The van der Waals surface area contributed by atoms with Gasteiger partial charge >= 0.3 is 0 Å². The second-order valence-corrected chi connectivity index (χ2v) is 6.43. The van der Waals surface area contributed by atoms with Gasteiger partial charge in [-0.15, -0.1) is 0 Å². The Bertz CT molecular complexity index is 830. The van der Waals surface area contributed by atoms with Crippen molar-refractivity contribution in [3.63, 3.8) is 0 Å². The van der Waals surface area contributed by atoms with E-state index in [2.05, 4.69) is 5.32 Å². The molecule has 1 N–H and O–H groups in total. The molecule has 0 bridgehead atoms. The molecule has 2 aromatic rings. The fourth-order valence-corrected chi connectivity index (χ4v) is 2.97. The number of halogens is 5. The first kappa shape index (κ1) is 19.9. The van der Waals surface area contributed by atoms with E-state index >= 15 is 0 Å². The summed E-state index contributed by atoms with van der Waals surface area (Å²) < 4.78 is 5.26. The Hall–Kier alpha value is -1.44. The van der Waals surface area contributed by atoms with Gasteiger partial charge in [-0.25, -0.2) is 0 Å². The number of carbonyl (C=O) groups is 1. The number of ether oxygens (including phenoxy) is 1. The number of hydrogen-bond donors (Lipinski definition) is 1. The van der Waals surface area contributed by atoms with Crippen molar-refractivity contribution < 1.29 is 14.5 Å². The zero-order valence-electron chi connectivity index (χ0n) is 12.0. The zero-order chi connectivity index (χ0) is 18.7. The molecule has 11 heteroatoms. The van der Waals surface area contributed by atoms with Crippen LogP contribution in [0.5, 0.6) is 5.75 Å². The van der Waals surface area contributed by atoms with Crippen LogP contribution in [0.3, 0.4) is 0 Å². The molecule has 0 unspecified atom stereocenters. The zero-order valence-corrected chi connectivity index (χ0v) is 15.8. The van der Waals surface area contributed by atoms with Gasteiger partial charge in [0.15, 0.2) is 12.4 Å². The number of hydrogen-bond acceptors (Lipinski definition) is 4. The molecule has 0 atom stereocenters. The molecule has 0 aliphatic rings. The van der Waals surface area contributed by atoms with E-state index in [1.165, 1.54) is 24.3 Å². The third kappa shape index (κ3) is 4.59. The van der Waals surface area contributed by atoms with E-state index in [9.17, 15) is 14.9 Å². The number of amides is 1. The van der Waals surface area contributed by atoms with Gasteiger partial charge in [-0.05, 0) is 6.07 Å². The first-order valence-electron chi connectivity index (χ1n) is 6.41. The highest BCUT2D eigenvalue weighted by molar-refractivity contribution is 6.55. The van der Waals surface area contributed by atoms with E-state index in [1.54, 1.807) is 0 Å². The Labute approximate surface area is 166 Å². The molecular formula is C14H7Cl5N2O4. The van der Waals surface area contributed by atoms with Crippen LogP contribution in [0.1, 0.15) is 0 Å². The van der Waals surface area contributed by atoms with Crippen LogP contribution in [-0.2, 0) is 4.79 Å². The quantitative estimate of drug-likeness (QED) is 0.270. The Kier molecular flexibility index (Phi) is 6.59. The van der Waals surface area contributed by atoms with Gasteiger partial charge in [0, 0.05) is 17.8 Å². The number of nitrogens with one attached hydrogen (secondary N) is 1. The maximum absolute atomic E-state index is 11.9. The molecule has 0 aromatic heterocycles. The molecule has 0 fully saturated rings. The number of anilines is 1. The van der Waals surface area contributed by atoms with Crippen LogP contribution in [0.2, 0.25) is 25.1 Å². The van der Waals surface area contributed by atoms with Gasteiger partial charge in [-0.1, -0.05) is 64.1 Å². The maximum Gasteiger partial charge on any atom is 0.271 e. The third-order valence-electron chi connectivity index (χ3n) is 2.86. The molecule has 0 aliphatic heterocycles. The van der Waals surface area contributed by atoms with Gasteiger partial charge in [0.1, 0.15) is 10.0 Å². The molecule has 2 aromatic carbocycles. The van der Waals surface area contributed by atoms with Gasteiger partial charge in [0.2, 0.25) is 0 Å². The summed E-state index contributed by atoms with van der Waals surface area (Å²) in [6, 6.07) is 5.42. The highest BCUT2D eigenvalue weighted by atomic mass is 35.5. The van der Waals surface area contributed by atoms with Crippen molar-refractivity contribution in [2.24, 2.45) is 0 Å². The van der Waals surface area contributed by atoms with E-state index in [0.717, 1.165) is 0 Å². The lowest BCUT2D eigenvalue weighted by Crippen LogP contribution is -2.20. The number of benzene rings is 2. The van der Waals surface area contributed by atoms with Gasteiger partial charge in [-0.3, -0.25) is 14.9 Å². The summed E-state index contributed by atoms with van der Waals surface area (Å²) >= 11 is 29.6. The number of rotatable bonds is 5. The Balaban J connectivity index is 2.11. The molecular weight excluding hydrogens is 437 g/mol. The van der Waals surface area contributed by atoms with Crippen molar-refractivity contribution in [2.75, 3.05) is 11.9 Å². The van der Waals surface area contributed by atoms with Gasteiger partial charge in [0.05, 0.1) is 20.0 Å². The van der Waals surface area contributed by atoms with Crippen molar-refractivity contribution in [1.29, 1.82) is 0 Å². The van der Waals surface area contributed by atoms with Crippen LogP contribution in [0.15, 0.2) is 24.3 Å². The SMILES string of the molecule is O=C(COc1c(Cl)c(Cl)c(Cl)c(Cl)c1Cl)Nc1cccc([N+](=O)[O-])c1. The van der Waals surface area contributed by atoms with Crippen LogP contribution in [0.4, 0.5) is 11.4 Å². The normalized spacial score (nSPS) is 10.4. The first-order valence-corrected chi connectivity index (χ1v) is 8.30. The topological polar surface area (TPSA) is 81.5 Å². The summed E-state index contributed by atoms with van der Waals surface area (Å²) in [5.74, 6) is -0.702. The Morgan fingerprint density at radius 1 is 1.04 bits per heavy atom. The fraction of sp³-hybridized carbons (Fsp3) is 0.0714. The number of nitro benzene ring substituents is 1. The van der Waals surface area contributed by atoms with Crippen LogP contribution < -0.4 is 10.1 Å². The standard InChI is InChI=1S/C14H7Cl5N2O4/c15-9-10(16)12(18)14(13(19)11(9)17)25-5-8(22)20-6-2-1-3-7(4-6)21(23)24/h1-4H,5H2,(H,20,22). The molecule has 25 heavy (non-hydrogen) atoms. The van der Waals surface area contributed by atoms with Crippen LogP contribution >= 0.6 is 58.0 Å². The molecule has 0 saturated carbocycles. The molecule has 0 aliphatic carbocycles. The third-order valence-corrected chi connectivity index (χ3v) is 5.10. The lowest BCUT2D eigenvalue weighted by Gasteiger charge is -2.13. The predicted molar refractivity (Wildman–Crippen MR) is 98.7 cm³/mol. The largest absolute Gasteiger partial charge is 0.481 e. The molecule has 0 spiro atoms. The smallest absolute Gasteiger partial charge is 0.271 e.